The SMILES string of the molecule is CCn1c(C(=O)CCCc2ccccc2Cl)cnc1C. The highest BCUT2D eigenvalue weighted by Crippen LogP contribution is 2.18. The number of hydrogen-bond acceptors (Lipinski definition) is 2. The van der Waals surface area contributed by atoms with E-state index in [4.69, 9.17) is 11.6 Å². The molecule has 3 nitrogen and oxygen atoms in total. The first-order valence-electron chi connectivity index (χ1n) is 6.92. The first-order chi connectivity index (χ1) is 9.63. The highest BCUT2D eigenvalue weighted by molar-refractivity contribution is 6.31. The van der Waals surface area contributed by atoms with Crippen molar-refractivity contribution in [2.45, 2.75) is 39.7 Å². The molecule has 0 spiro atoms. The van der Waals surface area contributed by atoms with E-state index >= 15 is 0 Å². The summed E-state index contributed by atoms with van der Waals surface area (Å²) in [6, 6.07) is 7.78. The average Bonchev–Trinajstić information content (AvgIpc) is 2.82. The van der Waals surface area contributed by atoms with Gasteiger partial charge in [-0.25, -0.2) is 4.98 Å². The van der Waals surface area contributed by atoms with Crippen LogP contribution in [0.4, 0.5) is 0 Å². The highest BCUT2D eigenvalue weighted by atomic mass is 35.5. The molecule has 0 saturated carbocycles. The molecular weight excluding hydrogens is 272 g/mol. The summed E-state index contributed by atoms with van der Waals surface area (Å²) < 4.78 is 1.96. The van der Waals surface area contributed by atoms with Crippen LogP contribution in [0.5, 0.6) is 0 Å². The molecule has 1 heterocycles. The Kier molecular flexibility index (Phi) is 4.96. The van der Waals surface area contributed by atoms with Crippen LogP contribution in [0.1, 0.15) is 41.6 Å². The summed E-state index contributed by atoms with van der Waals surface area (Å²) in [6.45, 7) is 4.72. The smallest absolute Gasteiger partial charge is 0.180 e. The number of Topliss-reactive ketones (excluding diaryl/α,β-unsaturated/α-hetero) is 1. The Morgan fingerprint density at radius 2 is 2.10 bits per heavy atom. The molecule has 0 aliphatic heterocycles. The zero-order valence-corrected chi connectivity index (χ0v) is 12.7. The summed E-state index contributed by atoms with van der Waals surface area (Å²) in [7, 11) is 0. The number of imidazole rings is 1. The van der Waals surface area contributed by atoms with Crippen molar-refractivity contribution in [2.75, 3.05) is 0 Å². The zero-order valence-electron chi connectivity index (χ0n) is 11.9. The third-order valence-electron chi connectivity index (χ3n) is 3.46. The van der Waals surface area contributed by atoms with Crippen molar-refractivity contribution in [2.24, 2.45) is 0 Å². The fraction of sp³-hybridized carbons (Fsp3) is 0.375. The molecule has 0 aliphatic rings. The van der Waals surface area contributed by atoms with E-state index in [-0.39, 0.29) is 5.78 Å². The maximum atomic E-state index is 12.2. The maximum absolute atomic E-state index is 12.2. The van der Waals surface area contributed by atoms with Gasteiger partial charge in [0.25, 0.3) is 0 Å². The number of benzene rings is 1. The number of halogens is 1. The average molecular weight is 291 g/mol. The van der Waals surface area contributed by atoms with Gasteiger partial charge in [-0.05, 0) is 38.3 Å². The molecule has 0 saturated heterocycles. The van der Waals surface area contributed by atoms with Crippen LogP contribution in [0.3, 0.4) is 0 Å². The number of aryl methyl sites for hydroxylation is 2. The Balaban J connectivity index is 1.94. The molecule has 0 amide bonds. The molecule has 1 aromatic heterocycles. The molecule has 0 aliphatic carbocycles. The van der Waals surface area contributed by atoms with Crippen LogP contribution >= 0.6 is 11.6 Å². The lowest BCUT2D eigenvalue weighted by molar-refractivity contribution is 0.0971. The number of carbonyl (C=O) groups is 1. The second-order valence-electron chi connectivity index (χ2n) is 4.80. The normalized spacial score (nSPS) is 10.8. The van der Waals surface area contributed by atoms with Crippen LogP contribution in [0.25, 0.3) is 0 Å². The molecule has 0 atom stereocenters. The quantitative estimate of drug-likeness (QED) is 0.752. The zero-order chi connectivity index (χ0) is 14.5. The van der Waals surface area contributed by atoms with Crippen LogP contribution in [-0.4, -0.2) is 15.3 Å². The molecule has 106 valence electrons. The third-order valence-corrected chi connectivity index (χ3v) is 3.83. The van der Waals surface area contributed by atoms with E-state index in [0.717, 1.165) is 35.8 Å². The molecule has 4 heteroatoms. The largest absolute Gasteiger partial charge is 0.326 e. The first-order valence-corrected chi connectivity index (χ1v) is 7.30. The lowest BCUT2D eigenvalue weighted by atomic mass is 10.1. The Morgan fingerprint density at radius 1 is 1.35 bits per heavy atom. The van der Waals surface area contributed by atoms with Crippen LogP contribution in [0, 0.1) is 6.92 Å². The lowest BCUT2D eigenvalue weighted by Gasteiger charge is -2.07. The topological polar surface area (TPSA) is 34.9 Å². The van der Waals surface area contributed by atoms with E-state index in [9.17, 15) is 4.79 Å². The molecular formula is C16H19ClN2O. The van der Waals surface area contributed by atoms with E-state index in [1.807, 2.05) is 42.7 Å². The van der Waals surface area contributed by atoms with Gasteiger partial charge in [0.1, 0.15) is 11.5 Å². The fourth-order valence-electron chi connectivity index (χ4n) is 2.36. The van der Waals surface area contributed by atoms with E-state index in [2.05, 4.69) is 4.98 Å². The van der Waals surface area contributed by atoms with Gasteiger partial charge in [0.15, 0.2) is 5.78 Å². The van der Waals surface area contributed by atoms with E-state index in [1.54, 1.807) is 6.20 Å². The van der Waals surface area contributed by atoms with Gasteiger partial charge >= 0.3 is 0 Å². The molecule has 1 aromatic carbocycles. The van der Waals surface area contributed by atoms with Gasteiger partial charge in [-0.3, -0.25) is 4.79 Å². The number of rotatable bonds is 6. The number of ketones is 1. The van der Waals surface area contributed by atoms with Crippen LogP contribution < -0.4 is 0 Å². The van der Waals surface area contributed by atoms with Gasteiger partial charge in [-0.1, -0.05) is 29.8 Å². The third kappa shape index (κ3) is 3.28. The van der Waals surface area contributed by atoms with E-state index < -0.39 is 0 Å². The number of carbonyl (C=O) groups excluding carboxylic acids is 1. The van der Waals surface area contributed by atoms with Gasteiger partial charge in [0, 0.05) is 18.0 Å². The first kappa shape index (κ1) is 14.8. The Hall–Kier alpha value is -1.61. The van der Waals surface area contributed by atoms with Gasteiger partial charge in [-0.15, -0.1) is 0 Å². The van der Waals surface area contributed by atoms with Crippen molar-refractivity contribution < 1.29 is 4.79 Å². The van der Waals surface area contributed by atoms with Crippen LogP contribution in [0.15, 0.2) is 30.5 Å². The van der Waals surface area contributed by atoms with Crippen molar-refractivity contribution in [1.29, 1.82) is 0 Å². The molecule has 20 heavy (non-hydrogen) atoms. The minimum Gasteiger partial charge on any atom is -0.326 e. The molecule has 0 fully saturated rings. The van der Waals surface area contributed by atoms with Crippen molar-refractivity contribution in [1.82, 2.24) is 9.55 Å². The summed E-state index contributed by atoms with van der Waals surface area (Å²) >= 11 is 6.11. The lowest BCUT2D eigenvalue weighted by Crippen LogP contribution is -2.09. The molecule has 0 unspecified atom stereocenters. The van der Waals surface area contributed by atoms with Crippen molar-refractivity contribution in [3.05, 3.63) is 52.6 Å². The monoisotopic (exact) mass is 290 g/mol. The minimum absolute atomic E-state index is 0.152. The van der Waals surface area contributed by atoms with Crippen molar-refractivity contribution in [3.8, 4) is 0 Å². The standard InChI is InChI=1S/C16H19ClN2O/c1-3-19-12(2)18-11-15(19)16(20)10-6-8-13-7-4-5-9-14(13)17/h4-5,7,9,11H,3,6,8,10H2,1-2H3. The van der Waals surface area contributed by atoms with Gasteiger partial charge < -0.3 is 4.57 Å². The molecule has 0 radical (unpaired) electrons. The predicted octanol–water partition coefficient (Wildman–Crippen LogP) is 4.07. The van der Waals surface area contributed by atoms with Gasteiger partial charge in [-0.2, -0.15) is 0 Å². The predicted molar refractivity (Wildman–Crippen MR) is 81.4 cm³/mol. The second-order valence-corrected chi connectivity index (χ2v) is 5.21. The molecule has 0 bridgehead atoms. The maximum Gasteiger partial charge on any atom is 0.180 e. The second kappa shape index (κ2) is 6.71. The summed E-state index contributed by atoms with van der Waals surface area (Å²) in [5.41, 5.74) is 1.81. The number of hydrogen-bond donors (Lipinski definition) is 0. The van der Waals surface area contributed by atoms with Crippen LogP contribution in [-0.2, 0) is 13.0 Å². The Morgan fingerprint density at radius 3 is 2.80 bits per heavy atom. The number of nitrogens with zero attached hydrogens (tertiary/aromatic N) is 2. The van der Waals surface area contributed by atoms with E-state index in [1.165, 1.54) is 0 Å². The molecule has 2 rings (SSSR count). The van der Waals surface area contributed by atoms with Gasteiger partial charge in [0.2, 0.25) is 0 Å². The summed E-state index contributed by atoms with van der Waals surface area (Å²) in [5.74, 6) is 1.04. The fourth-order valence-corrected chi connectivity index (χ4v) is 2.59. The van der Waals surface area contributed by atoms with Crippen LogP contribution in [0.2, 0.25) is 5.02 Å². The highest BCUT2D eigenvalue weighted by Gasteiger charge is 2.13. The Labute approximate surface area is 124 Å². The minimum atomic E-state index is 0.152. The Bertz CT molecular complexity index is 604. The van der Waals surface area contributed by atoms with Crippen molar-refractivity contribution in [3.63, 3.8) is 0 Å². The summed E-state index contributed by atoms with van der Waals surface area (Å²) in [5, 5.41) is 0.773. The summed E-state index contributed by atoms with van der Waals surface area (Å²) in [6.07, 6.45) is 3.83. The van der Waals surface area contributed by atoms with Gasteiger partial charge in [0.05, 0.1) is 6.20 Å². The molecule has 2 aromatic rings. The summed E-state index contributed by atoms with van der Waals surface area (Å²) in [4.78, 5) is 16.4. The molecule has 0 N–H and O–H groups in total. The number of aromatic nitrogens is 2. The van der Waals surface area contributed by atoms with E-state index in [0.29, 0.717) is 12.1 Å². The van der Waals surface area contributed by atoms with Crippen molar-refractivity contribution >= 4 is 17.4 Å².